The van der Waals surface area contributed by atoms with Crippen molar-refractivity contribution in [1.82, 2.24) is 25.2 Å². The Morgan fingerprint density at radius 3 is 3.00 bits per heavy atom. The number of hydrogen-bond donors (Lipinski definition) is 2. The van der Waals surface area contributed by atoms with E-state index >= 15 is 0 Å². The number of pyridine rings is 1. The molecule has 0 fully saturated rings. The van der Waals surface area contributed by atoms with Crippen molar-refractivity contribution in [2.24, 2.45) is 4.99 Å². The molecule has 0 saturated carbocycles. The molecule has 0 amide bonds. The van der Waals surface area contributed by atoms with E-state index in [1.54, 1.807) is 25.8 Å². The number of aliphatic imine (C=N–C) groups is 1. The zero-order valence-electron chi connectivity index (χ0n) is 13.7. The molecule has 0 radical (unpaired) electrons. The first-order chi connectivity index (χ1) is 11.3. The van der Waals surface area contributed by atoms with E-state index in [9.17, 15) is 0 Å². The molecule has 0 aliphatic heterocycles. The van der Waals surface area contributed by atoms with Crippen LogP contribution < -0.4 is 10.6 Å². The first-order valence-corrected chi connectivity index (χ1v) is 7.78. The molecule has 0 aliphatic rings. The van der Waals surface area contributed by atoms with Crippen LogP contribution in [0.25, 0.3) is 5.82 Å². The number of guanidine groups is 1. The maximum absolute atomic E-state index is 5.05. The Morgan fingerprint density at radius 1 is 1.35 bits per heavy atom. The molecule has 23 heavy (non-hydrogen) atoms. The van der Waals surface area contributed by atoms with Gasteiger partial charge in [-0.2, -0.15) is 0 Å². The van der Waals surface area contributed by atoms with Crippen molar-refractivity contribution in [3.8, 4) is 5.82 Å². The minimum Gasteiger partial charge on any atom is -0.385 e. The summed E-state index contributed by atoms with van der Waals surface area (Å²) in [5, 5.41) is 6.54. The summed E-state index contributed by atoms with van der Waals surface area (Å²) >= 11 is 0. The van der Waals surface area contributed by atoms with Gasteiger partial charge < -0.3 is 15.4 Å². The molecule has 124 valence electrons. The molecule has 7 nitrogen and oxygen atoms in total. The Balaban J connectivity index is 1.96. The highest BCUT2D eigenvalue weighted by Gasteiger charge is 2.01. The Morgan fingerprint density at radius 2 is 2.26 bits per heavy atom. The third kappa shape index (κ3) is 5.71. The van der Waals surface area contributed by atoms with Crippen LogP contribution in [0.4, 0.5) is 0 Å². The van der Waals surface area contributed by atoms with Gasteiger partial charge in [0.2, 0.25) is 0 Å². The van der Waals surface area contributed by atoms with Gasteiger partial charge in [0, 0.05) is 45.4 Å². The van der Waals surface area contributed by atoms with Gasteiger partial charge in [0.25, 0.3) is 0 Å². The largest absolute Gasteiger partial charge is 0.385 e. The molecule has 0 bridgehead atoms. The topological polar surface area (TPSA) is 76.4 Å². The minimum absolute atomic E-state index is 0.587. The summed E-state index contributed by atoms with van der Waals surface area (Å²) in [6.07, 6.45) is 8.08. The van der Waals surface area contributed by atoms with Gasteiger partial charge >= 0.3 is 0 Å². The van der Waals surface area contributed by atoms with Crippen molar-refractivity contribution >= 4 is 5.96 Å². The molecule has 0 aliphatic carbocycles. The van der Waals surface area contributed by atoms with Crippen LogP contribution in [0.5, 0.6) is 0 Å². The van der Waals surface area contributed by atoms with Crippen LogP contribution in [-0.2, 0) is 11.3 Å². The zero-order chi connectivity index (χ0) is 16.3. The summed E-state index contributed by atoms with van der Waals surface area (Å²) in [5.41, 5.74) is 1.10. The summed E-state index contributed by atoms with van der Waals surface area (Å²) in [4.78, 5) is 13.0. The molecule has 2 aromatic rings. The van der Waals surface area contributed by atoms with Crippen LogP contribution in [0, 0.1) is 0 Å². The lowest BCUT2D eigenvalue weighted by Crippen LogP contribution is -2.38. The predicted octanol–water partition coefficient (Wildman–Crippen LogP) is 1.36. The molecule has 0 aromatic carbocycles. The fourth-order valence-electron chi connectivity index (χ4n) is 2.03. The maximum Gasteiger partial charge on any atom is 0.191 e. The van der Waals surface area contributed by atoms with Gasteiger partial charge in [0.05, 0.1) is 6.54 Å². The quantitative estimate of drug-likeness (QED) is 0.437. The number of ether oxygens (including phenoxy) is 1. The number of aromatic nitrogens is 3. The number of hydrogen-bond acceptors (Lipinski definition) is 4. The van der Waals surface area contributed by atoms with Crippen LogP contribution >= 0.6 is 0 Å². The molecule has 0 spiro atoms. The minimum atomic E-state index is 0.587. The van der Waals surface area contributed by atoms with Crippen LogP contribution in [0.2, 0.25) is 0 Å². The van der Waals surface area contributed by atoms with Crippen molar-refractivity contribution in [2.75, 3.05) is 26.8 Å². The van der Waals surface area contributed by atoms with Crippen molar-refractivity contribution < 1.29 is 4.74 Å². The molecule has 0 unspecified atom stereocenters. The van der Waals surface area contributed by atoms with E-state index in [4.69, 9.17) is 4.74 Å². The fraction of sp³-hybridized carbons (Fsp3) is 0.438. The van der Waals surface area contributed by atoms with Gasteiger partial charge in [-0.15, -0.1) is 0 Å². The second-order valence-corrected chi connectivity index (χ2v) is 4.96. The number of methoxy groups -OCH3 is 1. The molecule has 2 N–H and O–H groups in total. The van der Waals surface area contributed by atoms with Gasteiger partial charge in [-0.1, -0.05) is 0 Å². The molecule has 2 rings (SSSR count). The Kier molecular flexibility index (Phi) is 7.06. The van der Waals surface area contributed by atoms with Gasteiger partial charge in [0.1, 0.15) is 12.1 Å². The van der Waals surface area contributed by atoms with Crippen LogP contribution in [0.1, 0.15) is 18.9 Å². The molecule has 0 atom stereocenters. The number of rotatable bonds is 8. The zero-order valence-corrected chi connectivity index (χ0v) is 13.7. The van der Waals surface area contributed by atoms with Gasteiger partial charge in [-0.3, -0.25) is 4.57 Å². The average molecular weight is 316 g/mol. The maximum atomic E-state index is 5.05. The molecule has 7 heteroatoms. The Labute approximate surface area is 136 Å². The lowest BCUT2D eigenvalue weighted by Gasteiger charge is -2.11. The number of nitrogens with zero attached hydrogens (tertiary/aromatic N) is 4. The van der Waals surface area contributed by atoms with Crippen LogP contribution in [0.3, 0.4) is 0 Å². The van der Waals surface area contributed by atoms with Crippen LogP contribution in [0.15, 0.2) is 42.0 Å². The van der Waals surface area contributed by atoms with E-state index in [-0.39, 0.29) is 0 Å². The summed E-state index contributed by atoms with van der Waals surface area (Å²) in [5.74, 6) is 1.65. The predicted molar refractivity (Wildman–Crippen MR) is 90.7 cm³/mol. The lowest BCUT2D eigenvalue weighted by atomic mass is 10.2. The van der Waals surface area contributed by atoms with Crippen molar-refractivity contribution in [3.05, 3.63) is 42.6 Å². The third-order valence-corrected chi connectivity index (χ3v) is 3.16. The van der Waals surface area contributed by atoms with E-state index in [1.165, 1.54) is 0 Å². The van der Waals surface area contributed by atoms with Crippen molar-refractivity contribution in [3.63, 3.8) is 0 Å². The van der Waals surface area contributed by atoms with Gasteiger partial charge in [0.15, 0.2) is 5.96 Å². The summed E-state index contributed by atoms with van der Waals surface area (Å²) in [6.45, 7) is 5.04. The second kappa shape index (κ2) is 9.58. The first-order valence-electron chi connectivity index (χ1n) is 7.78. The number of nitrogens with one attached hydrogen (secondary N) is 2. The van der Waals surface area contributed by atoms with Gasteiger partial charge in [-0.05, 0) is 31.0 Å². The second-order valence-electron chi connectivity index (χ2n) is 4.96. The fourth-order valence-corrected chi connectivity index (χ4v) is 2.03. The van der Waals surface area contributed by atoms with Crippen LogP contribution in [-0.4, -0.2) is 47.3 Å². The Bertz CT molecular complexity index is 596. The smallest absolute Gasteiger partial charge is 0.191 e. The van der Waals surface area contributed by atoms with E-state index in [2.05, 4.69) is 32.5 Å². The molecular weight excluding hydrogens is 292 g/mol. The Hall–Kier alpha value is -2.41. The lowest BCUT2D eigenvalue weighted by molar-refractivity contribution is 0.195. The summed E-state index contributed by atoms with van der Waals surface area (Å²) in [6, 6.07) is 3.98. The van der Waals surface area contributed by atoms with Crippen molar-refractivity contribution in [2.45, 2.75) is 19.9 Å². The summed E-state index contributed by atoms with van der Waals surface area (Å²) in [7, 11) is 1.71. The SMILES string of the molecule is CCNC(=NCc1ccnc(-n2ccnc2)c1)NCCCOC. The standard InChI is InChI=1S/C16H24N6O/c1-3-18-16(20-6-4-10-23-2)21-12-14-5-7-19-15(11-14)22-9-8-17-13-22/h5,7-9,11,13H,3-4,6,10,12H2,1-2H3,(H2,18,20,21). The molecular formula is C16H24N6O. The average Bonchev–Trinajstić information content (AvgIpc) is 3.11. The van der Waals surface area contributed by atoms with E-state index < -0.39 is 0 Å². The highest BCUT2D eigenvalue weighted by atomic mass is 16.5. The van der Waals surface area contributed by atoms with E-state index in [0.717, 1.165) is 43.5 Å². The van der Waals surface area contributed by atoms with Crippen molar-refractivity contribution in [1.29, 1.82) is 0 Å². The number of imidazole rings is 1. The van der Waals surface area contributed by atoms with Gasteiger partial charge in [-0.25, -0.2) is 15.0 Å². The summed E-state index contributed by atoms with van der Waals surface area (Å²) < 4.78 is 6.92. The third-order valence-electron chi connectivity index (χ3n) is 3.16. The normalized spacial score (nSPS) is 11.5. The van der Waals surface area contributed by atoms with E-state index in [1.807, 2.05) is 22.9 Å². The molecule has 0 saturated heterocycles. The highest BCUT2D eigenvalue weighted by molar-refractivity contribution is 5.79. The molecule has 2 heterocycles. The molecule has 2 aromatic heterocycles. The van der Waals surface area contributed by atoms with E-state index in [0.29, 0.717) is 6.54 Å². The first kappa shape index (κ1) is 17.0. The highest BCUT2D eigenvalue weighted by Crippen LogP contribution is 2.07. The monoisotopic (exact) mass is 316 g/mol.